The Morgan fingerprint density at radius 3 is 2.49 bits per heavy atom. The Morgan fingerprint density at radius 2 is 1.67 bits per heavy atom. The van der Waals surface area contributed by atoms with Crippen LogP contribution in [0.15, 0.2) is 65.9 Å². The van der Waals surface area contributed by atoms with Crippen LogP contribution in [0.5, 0.6) is 11.5 Å². The Hall–Kier alpha value is -4.27. The van der Waals surface area contributed by atoms with E-state index in [0.717, 1.165) is 71.7 Å². The zero-order valence-corrected chi connectivity index (χ0v) is 22.4. The van der Waals surface area contributed by atoms with Gasteiger partial charge in [-0.25, -0.2) is 0 Å². The second kappa shape index (κ2) is 11.6. The van der Waals surface area contributed by atoms with Gasteiger partial charge in [-0.15, -0.1) is 0 Å². The Morgan fingerprint density at radius 1 is 0.897 bits per heavy atom. The molecule has 4 aromatic rings. The van der Waals surface area contributed by atoms with Crippen LogP contribution in [0.1, 0.15) is 31.2 Å². The van der Waals surface area contributed by atoms with Crippen molar-refractivity contribution in [2.24, 2.45) is 5.10 Å². The maximum absolute atomic E-state index is 5.99. The smallest absolute Gasteiger partial charge is 0.229 e. The molecule has 202 valence electrons. The molecule has 0 bridgehead atoms. The largest absolute Gasteiger partial charge is 0.497 e. The third-order valence-electron chi connectivity index (χ3n) is 7.36. The fraction of sp³-hybridized carbons (Fsp3) is 0.367. The SMILES string of the molecule is COc1cccc(OCCn2cc(/C=N\Nc3cc(N4CCCC4)nc(N4CCCC4)n3)c3ccccc32)c1. The van der Waals surface area contributed by atoms with E-state index in [0.29, 0.717) is 13.2 Å². The highest BCUT2D eigenvalue weighted by molar-refractivity contribution is 5.99. The van der Waals surface area contributed by atoms with Crippen molar-refractivity contribution >= 4 is 34.7 Å². The zero-order chi connectivity index (χ0) is 26.4. The van der Waals surface area contributed by atoms with Gasteiger partial charge >= 0.3 is 0 Å². The molecule has 2 saturated heterocycles. The molecule has 2 fully saturated rings. The molecule has 1 N–H and O–H groups in total. The van der Waals surface area contributed by atoms with E-state index >= 15 is 0 Å². The van der Waals surface area contributed by atoms with Gasteiger partial charge < -0.3 is 23.8 Å². The minimum absolute atomic E-state index is 0.542. The molecule has 2 aliphatic rings. The van der Waals surface area contributed by atoms with E-state index in [-0.39, 0.29) is 0 Å². The van der Waals surface area contributed by atoms with Gasteiger partial charge in [0.15, 0.2) is 5.82 Å². The van der Waals surface area contributed by atoms with Gasteiger partial charge in [-0.3, -0.25) is 5.43 Å². The molecule has 0 amide bonds. The fourth-order valence-corrected chi connectivity index (χ4v) is 5.33. The number of aromatic nitrogens is 3. The molecule has 2 aromatic heterocycles. The first-order valence-corrected chi connectivity index (χ1v) is 13.8. The highest BCUT2D eigenvalue weighted by atomic mass is 16.5. The number of nitrogens with one attached hydrogen (secondary N) is 1. The lowest BCUT2D eigenvalue weighted by molar-refractivity contribution is 0.298. The van der Waals surface area contributed by atoms with Gasteiger partial charge in [0.1, 0.15) is 23.9 Å². The van der Waals surface area contributed by atoms with E-state index < -0.39 is 0 Å². The van der Waals surface area contributed by atoms with E-state index in [1.807, 2.05) is 36.5 Å². The maximum Gasteiger partial charge on any atom is 0.229 e. The van der Waals surface area contributed by atoms with Crippen molar-refractivity contribution in [1.29, 1.82) is 0 Å². The third-order valence-corrected chi connectivity index (χ3v) is 7.36. The molecule has 9 nitrogen and oxygen atoms in total. The number of methoxy groups -OCH3 is 1. The molecule has 0 saturated carbocycles. The first-order valence-electron chi connectivity index (χ1n) is 13.8. The highest BCUT2D eigenvalue weighted by Gasteiger charge is 2.20. The second-order valence-corrected chi connectivity index (χ2v) is 9.99. The minimum Gasteiger partial charge on any atom is -0.497 e. The molecule has 2 aromatic carbocycles. The third kappa shape index (κ3) is 5.77. The van der Waals surface area contributed by atoms with Crippen molar-refractivity contribution < 1.29 is 9.47 Å². The van der Waals surface area contributed by atoms with Crippen molar-refractivity contribution in [2.75, 3.05) is 55.1 Å². The van der Waals surface area contributed by atoms with Crippen LogP contribution in [-0.4, -0.2) is 60.6 Å². The quantitative estimate of drug-likeness (QED) is 0.226. The predicted octanol–water partition coefficient (Wildman–Crippen LogP) is 5.17. The Labute approximate surface area is 229 Å². The van der Waals surface area contributed by atoms with Crippen molar-refractivity contribution in [1.82, 2.24) is 14.5 Å². The zero-order valence-electron chi connectivity index (χ0n) is 22.4. The molecule has 2 aliphatic heterocycles. The van der Waals surface area contributed by atoms with E-state index in [1.165, 1.54) is 25.7 Å². The van der Waals surface area contributed by atoms with Gasteiger partial charge in [0.2, 0.25) is 5.95 Å². The lowest BCUT2D eigenvalue weighted by Gasteiger charge is -2.21. The molecular formula is C30H35N7O2. The number of nitrogens with zero attached hydrogens (tertiary/aromatic N) is 6. The van der Waals surface area contributed by atoms with E-state index in [2.05, 4.69) is 55.4 Å². The van der Waals surface area contributed by atoms with Gasteiger partial charge in [0, 0.05) is 61.0 Å². The van der Waals surface area contributed by atoms with Gasteiger partial charge in [0.05, 0.1) is 19.9 Å². The van der Waals surface area contributed by atoms with Crippen LogP contribution < -0.4 is 24.7 Å². The fourth-order valence-electron chi connectivity index (χ4n) is 5.33. The molecule has 0 aliphatic carbocycles. The molecule has 39 heavy (non-hydrogen) atoms. The Balaban J connectivity index is 1.18. The summed E-state index contributed by atoms with van der Waals surface area (Å²) >= 11 is 0. The van der Waals surface area contributed by atoms with Crippen LogP contribution in [0.4, 0.5) is 17.6 Å². The van der Waals surface area contributed by atoms with Crippen LogP contribution in [0.25, 0.3) is 10.9 Å². The number of hydrazone groups is 1. The first-order chi connectivity index (χ1) is 19.3. The van der Waals surface area contributed by atoms with Gasteiger partial charge in [-0.1, -0.05) is 24.3 Å². The van der Waals surface area contributed by atoms with Crippen molar-refractivity contribution in [3.05, 3.63) is 66.4 Å². The number of hydrogen-bond donors (Lipinski definition) is 1. The predicted molar refractivity (Wildman–Crippen MR) is 157 cm³/mol. The summed E-state index contributed by atoms with van der Waals surface area (Å²) in [5, 5.41) is 5.74. The van der Waals surface area contributed by atoms with Crippen LogP contribution >= 0.6 is 0 Å². The lowest BCUT2D eigenvalue weighted by atomic mass is 10.2. The summed E-state index contributed by atoms with van der Waals surface area (Å²) in [6, 6.07) is 18.1. The molecule has 0 atom stereocenters. The number of benzene rings is 2. The van der Waals surface area contributed by atoms with Gasteiger partial charge in [0.25, 0.3) is 0 Å². The number of anilines is 3. The molecule has 0 spiro atoms. The molecule has 4 heterocycles. The summed E-state index contributed by atoms with van der Waals surface area (Å²) in [6.45, 7) is 5.35. The average molecular weight is 526 g/mol. The van der Waals surface area contributed by atoms with E-state index in [1.54, 1.807) is 7.11 Å². The summed E-state index contributed by atoms with van der Waals surface area (Å²) in [4.78, 5) is 14.3. The van der Waals surface area contributed by atoms with Crippen LogP contribution in [0.2, 0.25) is 0 Å². The van der Waals surface area contributed by atoms with Crippen LogP contribution in [0, 0.1) is 0 Å². The summed E-state index contributed by atoms with van der Waals surface area (Å²) in [7, 11) is 1.66. The lowest BCUT2D eigenvalue weighted by Crippen LogP contribution is -2.24. The topological polar surface area (TPSA) is 80.0 Å². The Kier molecular flexibility index (Phi) is 7.47. The summed E-state index contributed by atoms with van der Waals surface area (Å²) in [5.74, 6) is 4.08. The number of rotatable bonds is 10. The monoisotopic (exact) mass is 525 g/mol. The maximum atomic E-state index is 5.99. The number of hydrogen-bond acceptors (Lipinski definition) is 8. The average Bonchev–Trinajstić information content (AvgIpc) is 3.76. The summed E-state index contributed by atoms with van der Waals surface area (Å²) in [6.07, 6.45) is 8.78. The number of fused-ring (bicyclic) bond motifs is 1. The molecule has 9 heteroatoms. The second-order valence-electron chi connectivity index (χ2n) is 9.99. The summed E-state index contributed by atoms with van der Waals surface area (Å²) in [5.41, 5.74) is 5.37. The molecular weight excluding hydrogens is 490 g/mol. The van der Waals surface area contributed by atoms with E-state index in [9.17, 15) is 0 Å². The highest BCUT2D eigenvalue weighted by Crippen LogP contribution is 2.26. The van der Waals surface area contributed by atoms with Crippen LogP contribution in [0.3, 0.4) is 0 Å². The number of para-hydroxylation sites is 1. The van der Waals surface area contributed by atoms with Crippen molar-refractivity contribution in [2.45, 2.75) is 32.2 Å². The van der Waals surface area contributed by atoms with Crippen molar-refractivity contribution in [3.8, 4) is 11.5 Å². The van der Waals surface area contributed by atoms with Gasteiger partial charge in [-0.05, 0) is 43.9 Å². The molecule has 0 unspecified atom stereocenters. The van der Waals surface area contributed by atoms with Crippen LogP contribution in [-0.2, 0) is 6.54 Å². The van der Waals surface area contributed by atoms with Gasteiger partial charge in [-0.2, -0.15) is 15.1 Å². The molecule has 0 radical (unpaired) electrons. The minimum atomic E-state index is 0.542. The normalized spacial score (nSPS) is 15.5. The van der Waals surface area contributed by atoms with Crippen molar-refractivity contribution in [3.63, 3.8) is 0 Å². The standard InChI is InChI=1S/C30H35N7O2/c1-38-24-9-8-10-25(19-24)39-18-17-37-22-23(26-11-2-3-12-27(26)37)21-31-34-28-20-29(35-13-4-5-14-35)33-30(32-28)36-15-6-7-16-36/h2-3,8-12,19-22H,4-7,13-18H2,1H3,(H,32,33,34)/b31-21-. The van der Waals surface area contributed by atoms with E-state index in [4.69, 9.17) is 19.4 Å². The number of ether oxygens (including phenoxy) is 2. The Bertz CT molecular complexity index is 1400. The summed E-state index contributed by atoms with van der Waals surface area (Å²) < 4.78 is 13.5. The molecule has 6 rings (SSSR count). The first kappa shape index (κ1) is 25.0.